The minimum atomic E-state index is -0.152. The Morgan fingerprint density at radius 2 is 1.92 bits per heavy atom. The Morgan fingerprint density at radius 3 is 2.54 bits per heavy atom. The Balaban J connectivity index is 1.54. The monoisotopic (exact) mass is 341 g/mol. The van der Waals surface area contributed by atoms with Crippen molar-refractivity contribution in [3.8, 4) is 0 Å². The molecule has 1 aromatic heterocycles. The van der Waals surface area contributed by atoms with E-state index in [1.54, 1.807) is 11.8 Å². The summed E-state index contributed by atoms with van der Waals surface area (Å²) in [6.07, 6.45) is 4.88. The van der Waals surface area contributed by atoms with Gasteiger partial charge in [-0.25, -0.2) is 0 Å². The largest absolute Gasteiger partial charge is 0.303 e. The van der Waals surface area contributed by atoms with Gasteiger partial charge in [0.05, 0.1) is 5.25 Å². The molecule has 1 heterocycles. The first-order valence-corrected chi connectivity index (χ1v) is 9.65. The summed E-state index contributed by atoms with van der Waals surface area (Å²) < 4.78 is 2.31. The van der Waals surface area contributed by atoms with Crippen LogP contribution in [0.5, 0.6) is 0 Å². The van der Waals surface area contributed by atoms with Crippen LogP contribution in [0.25, 0.3) is 0 Å². The topological polar surface area (TPSA) is 47.8 Å². The van der Waals surface area contributed by atoms with E-state index in [2.05, 4.69) is 28.6 Å². The van der Waals surface area contributed by atoms with Gasteiger partial charge in [-0.3, -0.25) is 4.79 Å². The first-order valence-electron chi connectivity index (χ1n) is 8.77. The van der Waals surface area contributed by atoms with Crippen molar-refractivity contribution in [3.63, 3.8) is 0 Å². The first-order chi connectivity index (χ1) is 11.5. The molecule has 2 aliphatic carbocycles. The van der Waals surface area contributed by atoms with Crippen LogP contribution in [0.3, 0.4) is 0 Å². The number of carbonyl (C=O) groups excluding carboxylic acids is 1. The molecule has 2 aromatic rings. The van der Waals surface area contributed by atoms with Gasteiger partial charge in [0.2, 0.25) is 0 Å². The van der Waals surface area contributed by atoms with Crippen LogP contribution in [0.2, 0.25) is 0 Å². The van der Waals surface area contributed by atoms with E-state index < -0.39 is 0 Å². The summed E-state index contributed by atoms with van der Waals surface area (Å²) in [5.74, 6) is 1.91. The molecule has 2 aliphatic rings. The molecule has 2 saturated carbocycles. The van der Waals surface area contributed by atoms with Gasteiger partial charge in [-0.05, 0) is 63.6 Å². The van der Waals surface area contributed by atoms with Gasteiger partial charge in [-0.2, -0.15) is 0 Å². The highest BCUT2D eigenvalue weighted by atomic mass is 32.2. The van der Waals surface area contributed by atoms with Crippen molar-refractivity contribution in [2.45, 2.75) is 68.8 Å². The third-order valence-electron chi connectivity index (χ3n) is 4.99. The molecule has 5 heteroatoms. The number of aromatic nitrogens is 3. The average Bonchev–Trinajstić information content (AvgIpc) is 3.48. The van der Waals surface area contributed by atoms with Crippen LogP contribution < -0.4 is 0 Å². The minimum Gasteiger partial charge on any atom is -0.303 e. The lowest BCUT2D eigenvalue weighted by Gasteiger charge is -2.13. The van der Waals surface area contributed by atoms with Crippen LogP contribution in [-0.4, -0.2) is 25.8 Å². The normalized spacial score (nSPS) is 18.6. The van der Waals surface area contributed by atoms with Gasteiger partial charge >= 0.3 is 0 Å². The molecular formula is C19H23N3OS. The highest BCUT2D eigenvalue weighted by molar-refractivity contribution is 8.00. The van der Waals surface area contributed by atoms with Crippen LogP contribution in [0.15, 0.2) is 23.4 Å². The van der Waals surface area contributed by atoms with Gasteiger partial charge in [-0.1, -0.05) is 23.9 Å². The number of rotatable bonds is 6. The van der Waals surface area contributed by atoms with E-state index in [0.717, 1.165) is 22.1 Å². The van der Waals surface area contributed by atoms with Crippen molar-refractivity contribution < 1.29 is 4.79 Å². The molecule has 0 bridgehead atoms. The van der Waals surface area contributed by atoms with Gasteiger partial charge in [-0.15, -0.1) is 10.2 Å². The third-order valence-corrected chi connectivity index (χ3v) is 6.05. The second-order valence-corrected chi connectivity index (χ2v) is 8.45. The van der Waals surface area contributed by atoms with E-state index in [0.29, 0.717) is 12.0 Å². The number of ketones is 1. The Morgan fingerprint density at radius 1 is 1.17 bits per heavy atom. The summed E-state index contributed by atoms with van der Waals surface area (Å²) in [5.41, 5.74) is 3.17. The summed E-state index contributed by atoms with van der Waals surface area (Å²) >= 11 is 1.56. The number of thioether (sulfide) groups is 1. The number of nitrogens with zero attached hydrogens (tertiary/aromatic N) is 3. The zero-order chi connectivity index (χ0) is 16.8. The minimum absolute atomic E-state index is 0.152. The Labute approximate surface area is 147 Å². The second-order valence-electron chi connectivity index (χ2n) is 7.14. The van der Waals surface area contributed by atoms with Crippen molar-refractivity contribution in [2.75, 3.05) is 0 Å². The molecule has 1 aromatic carbocycles. The number of Topliss-reactive ketones (excluding diaryl/α,β-unsaturated/α-hetero) is 1. The smallest absolute Gasteiger partial charge is 0.192 e. The van der Waals surface area contributed by atoms with E-state index in [1.807, 2.05) is 25.1 Å². The molecule has 0 N–H and O–H groups in total. The lowest BCUT2D eigenvalue weighted by molar-refractivity contribution is 0.0993. The van der Waals surface area contributed by atoms with Crippen molar-refractivity contribution in [1.82, 2.24) is 14.8 Å². The predicted molar refractivity (Wildman–Crippen MR) is 95.8 cm³/mol. The van der Waals surface area contributed by atoms with Crippen LogP contribution in [0, 0.1) is 13.8 Å². The molecule has 126 valence electrons. The number of hydrogen-bond acceptors (Lipinski definition) is 4. The van der Waals surface area contributed by atoms with Crippen molar-refractivity contribution >= 4 is 17.5 Å². The molecule has 2 fully saturated rings. The molecule has 0 radical (unpaired) electrons. The summed E-state index contributed by atoms with van der Waals surface area (Å²) in [7, 11) is 0. The highest BCUT2D eigenvalue weighted by Crippen LogP contribution is 2.46. The number of aryl methyl sites for hydroxylation is 2. The van der Waals surface area contributed by atoms with Gasteiger partial charge in [0.25, 0.3) is 0 Å². The standard InChI is InChI=1S/C19H23N3OS/c1-11-4-5-15(10-12(11)2)17(23)13(3)24-19-21-20-18(14-6-7-14)22(19)16-8-9-16/h4-5,10,13-14,16H,6-9H2,1-3H3/t13-/m1/s1. The fraction of sp³-hybridized carbons (Fsp3) is 0.526. The number of carbonyl (C=O) groups is 1. The summed E-state index contributed by atoms with van der Waals surface area (Å²) in [6, 6.07) is 6.51. The van der Waals surface area contributed by atoms with Crippen molar-refractivity contribution in [2.24, 2.45) is 0 Å². The second kappa shape index (κ2) is 6.03. The molecule has 0 amide bonds. The maximum absolute atomic E-state index is 12.8. The van der Waals surface area contributed by atoms with Crippen LogP contribution in [0.4, 0.5) is 0 Å². The van der Waals surface area contributed by atoms with E-state index in [1.165, 1.54) is 31.2 Å². The summed E-state index contributed by atoms with van der Waals surface area (Å²) in [4.78, 5) is 12.8. The molecule has 0 spiro atoms. The molecule has 4 nitrogen and oxygen atoms in total. The van der Waals surface area contributed by atoms with Crippen LogP contribution >= 0.6 is 11.8 Å². The molecule has 24 heavy (non-hydrogen) atoms. The predicted octanol–water partition coefficient (Wildman–Crippen LogP) is 4.47. The maximum Gasteiger partial charge on any atom is 0.192 e. The van der Waals surface area contributed by atoms with Gasteiger partial charge in [0, 0.05) is 17.5 Å². The van der Waals surface area contributed by atoms with Gasteiger partial charge in [0.15, 0.2) is 10.9 Å². The fourth-order valence-electron chi connectivity index (χ4n) is 3.01. The highest BCUT2D eigenvalue weighted by Gasteiger charge is 2.37. The van der Waals surface area contributed by atoms with Crippen molar-refractivity contribution in [3.05, 3.63) is 40.7 Å². The maximum atomic E-state index is 12.8. The Hall–Kier alpha value is -1.62. The quantitative estimate of drug-likeness (QED) is 0.574. The van der Waals surface area contributed by atoms with Crippen LogP contribution in [0.1, 0.15) is 71.9 Å². The number of hydrogen-bond donors (Lipinski definition) is 0. The van der Waals surface area contributed by atoms with Gasteiger partial charge < -0.3 is 4.57 Å². The van der Waals surface area contributed by atoms with E-state index in [9.17, 15) is 4.79 Å². The van der Waals surface area contributed by atoms with E-state index >= 15 is 0 Å². The SMILES string of the molecule is Cc1ccc(C(=O)[C@@H](C)Sc2nnc(C3CC3)n2C2CC2)cc1C. The van der Waals surface area contributed by atoms with E-state index in [-0.39, 0.29) is 11.0 Å². The lowest BCUT2D eigenvalue weighted by atomic mass is 10.0. The number of benzene rings is 1. The molecular weight excluding hydrogens is 318 g/mol. The zero-order valence-corrected chi connectivity index (χ0v) is 15.3. The van der Waals surface area contributed by atoms with Gasteiger partial charge in [0.1, 0.15) is 5.82 Å². The fourth-order valence-corrected chi connectivity index (χ4v) is 4.01. The zero-order valence-electron chi connectivity index (χ0n) is 14.5. The van der Waals surface area contributed by atoms with Crippen LogP contribution in [-0.2, 0) is 0 Å². The summed E-state index contributed by atoms with van der Waals surface area (Å²) in [5, 5.41) is 9.61. The molecule has 0 unspecified atom stereocenters. The third kappa shape index (κ3) is 3.02. The molecule has 0 saturated heterocycles. The summed E-state index contributed by atoms with van der Waals surface area (Å²) in [6.45, 7) is 6.10. The Bertz CT molecular complexity index is 790. The Kier molecular flexibility index (Phi) is 3.99. The van der Waals surface area contributed by atoms with Crippen molar-refractivity contribution in [1.29, 1.82) is 0 Å². The molecule has 4 rings (SSSR count). The average molecular weight is 341 g/mol. The van der Waals surface area contributed by atoms with E-state index in [4.69, 9.17) is 0 Å². The molecule has 0 aliphatic heterocycles. The lowest BCUT2D eigenvalue weighted by Crippen LogP contribution is -2.15. The molecule has 1 atom stereocenters. The first kappa shape index (κ1) is 15.9.